The first-order valence-corrected chi connectivity index (χ1v) is 12.8. The fraction of sp³-hybridized carbons (Fsp3) is 0.423. The van der Waals surface area contributed by atoms with E-state index in [1.54, 1.807) is 41.3 Å². The van der Waals surface area contributed by atoms with Crippen LogP contribution in [0, 0.1) is 5.41 Å². The number of rotatable bonds is 10. The first-order valence-electron chi connectivity index (χ1n) is 11.4. The number of benzene rings is 2. The minimum absolute atomic E-state index is 0.0793. The van der Waals surface area contributed by atoms with E-state index in [0.717, 1.165) is 11.8 Å². The van der Waals surface area contributed by atoms with Gasteiger partial charge < -0.3 is 29.0 Å². The summed E-state index contributed by atoms with van der Waals surface area (Å²) in [6.07, 6.45) is -0.837. The third-order valence-electron chi connectivity index (χ3n) is 5.62. The number of carbonyl (C=O) groups is 3. The lowest BCUT2D eigenvalue weighted by molar-refractivity contribution is -0.143. The quantitative estimate of drug-likeness (QED) is 0.425. The summed E-state index contributed by atoms with van der Waals surface area (Å²) < 4.78 is 22.7. The predicted molar refractivity (Wildman–Crippen MR) is 141 cm³/mol. The molecule has 0 spiro atoms. The fourth-order valence-corrected chi connectivity index (χ4v) is 4.97. The van der Waals surface area contributed by atoms with Gasteiger partial charge in [-0.2, -0.15) is 0 Å². The normalized spacial score (nSPS) is 17.6. The molecule has 2 atom stereocenters. The highest BCUT2D eigenvalue weighted by Crippen LogP contribution is 2.46. The molecule has 0 saturated heterocycles. The number of para-hydroxylation sites is 1. The van der Waals surface area contributed by atoms with Crippen molar-refractivity contribution < 1.29 is 38.4 Å². The van der Waals surface area contributed by atoms with Crippen molar-refractivity contribution in [3.8, 4) is 11.5 Å². The van der Waals surface area contributed by atoms with Gasteiger partial charge in [0.2, 0.25) is 0 Å². The molecule has 9 nitrogen and oxygen atoms in total. The van der Waals surface area contributed by atoms with E-state index >= 15 is 0 Å². The maximum atomic E-state index is 13.9. The molecule has 2 aromatic rings. The van der Waals surface area contributed by atoms with Crippen LogP contribution in [0.2, 0.25) is 5.02 Å². The van der Waals surface area contributed by atoms with Crippen molar-refractivity contribution in [1.29, 1.82) is 0 Å². The van der Waals surface area contributed by atoms with Crippen LogP contribution < -0.4 is 14.4 Å². The molecule has 0 saturated carbocycles. The number of fused-ring (bicyclic) bond motifs is 1. The van der Waals surface area contributed by atoms with Crippen LogP contribution >= 0.6 is 23.4 Å². The number of hydrogen-bond donors (Lipinski definition) is 1. The van der Waals surface area contributed by atoms with Gasteiger partial charge in [0.05, 0.1) is 32.3 Å². The molecule has 2 aromatic carbocycles. The lowest BCUT2D eigenvalue weighted by Crippen LogP contribution is -2.45. The van der Waals surface area contributed by atoms with Crippen LogP contribution in [-0.4, -0.2) is 61.5 Å². The van der Waals surface area contributed by atoms with Crippen LogP contribution in [-0.2, 0) is 23.9 Å². The van der Waals surface area contributed by atoms with Crippen LogP contribution in [0.15, 0.2) is 36.4 Å². The van der Waals surface area contributed by atoms with Gasteiger partial charge >= 0.3 is 11.9 Å². The number of halogens is 1. The van der Waals surface area contributed by atoms with Gasteiger partial charge in [-0.3, -0.25) is 14.4 Å². The van der Waals surface area contributed by atoms with E-state index in [9.17, 15) is 19.5 Å². The summed E-state index contributed by atoms with van der Waals surface area (Å²) in [5.41, 5.74) is -0.0752. The predicted octanol–water partition coefficient (Wildman–Crippen LogP) is 4.54. The number of carboxylic acids is 1. The SMILES string of the molecule is COc1cccc([C@H]2O[C@H](SCC(=O)O)C(=O)N(CC(C)(C)COC(C)=O)c3ccc(Cl)cc32)c1OC. The van der Waals surface area contributed by atoms with Crippen molar-refractivity contribution in [3.63, 3.8) is 0 Å². The average molecular weight is 552 g/mol. The van der Waals surface area contributed by atoms with E-state index in [1.807, 2.05) is 13.8 Å². The summed E-state index contributed by atoms with van der Waals surface area (Å²) in [4.78, 5) is 38.2. The van der Waals surface area contributed by atoms with Gasteiger partial charge in [0.1, 0.15) is 6.10 Å². The van der Waals surface area contributed by atoms with Crippen molar-refractivity contribution in [2.45, 2.75) is 32.3 Å². The number of anilines is 1. The molecule has 200 valence electrons. The molecule has 3 rings (SSSR count). The van der Waals surface area contributed by atoms with Crippen molar-refractivity contribution in [2.75, 3.05) is 38.0 Å². The minimum atomic E-state index is -1.16. The Labute approximate surface area is 225 Å². The Bertz CT molecular complexity index is 1170. The fourth-order valence-electron chi connectivity index (χ4n) is 4.03. The molecule has 1 aliphatic heterocycles. The smallest absolute Gasteiger partial charge is 0.313 e. The number of carbonyl (C=O) groups excluding carboxylic acids is 2. The van der Waals surface area contributed by atoms with Crippen molar-refractivity contribution >= 4 is 46.9 Å². The van der Waals surface area contributed by atoms with Crippen molar-refractivity contribution in [3.05, 3.63) is 52.5 Å². The number of amides is 1. The van der Waals surface area contributed by atoms with Gasteiger partial charge in [-0.05, 0) is 24.3 Å². The molecule has 0 bridgehead atoms. The molecule has 0 aliphatic carbocycles. The van der Waals surface area contributed by atoms with Gasteiger partial charge in [0, 0.05) is 35.0 Å². The van der Waals surface area contributed by atoms with Gasteiger partial charge in [0.15, 0.2) is 16.9 Å². The molecule has 37 heavy (non-hydrogen) atoms. The largest absolute Gasteiger partial charge is 0.493 e. The molecule has 0 unspecified atom stereocenters. The van der Waals surface area contributed by atoms with E-state index in [1.165, 1.54) is 21.1 Å². The minimum Gasteiger partial charge on any atom is -0.493 e. The zero-order valence-electron chi connectivity index (χ0n) is 21.3. The van der Waals surface area contributed by atoms with Crippen LogP contribution in [0.4, 0.5) is 5.69 Å². The third-order valence-corrected chi connectivity index (χ3v) is 6.88. The highest BCUT2D eigenvalue weighted by atomic mass is 35.5. The number of carboxylic acid groups (broad SMARTS) is 1. The lowest BCUT2D eigenvalue weighted by atomic mass is 9.92. The first kappa shape index (κ1) is 28.6. The molecule has 1 N–H and O–H groups in total. The Hall–Kier alpha value is -2.95. The van der Waals surface area contributed by atoms with Crippen LogP contribution in [0.1, 0.15) is 38.0 Å². The third kappa shape index (κ3) is 6.88. The second kappa shape index (κ2) is 12.1. The van der Waals surface area contributed by atoms with E-state index < -0.39 is 34.8 Å². The molecule has 0 fully saturated rings. The molecular formula is C26H30ClNO8S. The summed E-state index contributed by atoms with van der Waals surface area (Å²) in [6, 6.07) is 10.4. The Balaban J connectivity index is 2.18. The molecule has 1 aliphatic rings. The Morgan fingerprint density at radius 2 is 1.89 bits per heavy atom. The lowest BCUT2D eigenvalue weighted by Gasteiger charge is -2.33. The van der Waals surface area contributed by atoms with Crippen LogP contribution in [0.3, 0.4) is 0 Å². The molecular weight excluding hydrogens is 522 g/mol. The summed E-state index contributed by atoms with van der Waals surface area (Å²) in [7, 11) is 3.02. The van der Waals surface area contributed by atoms with Crippen LogP contribution in [0.25, 0.3) is 0 Å². The van der Waals surface area contributed by atoms with Gasteiger partial charge in [-0.25, -0.2) is 0 Å². The summed E-state index contributed by atoms with van der Waals surface area (Å²) in [5.74, 6) is -1.40. The highest BCUT2D eigenvalue weighted by molar-refractivity contribution is 8.01. The Morgan fingerprint density at radius 1 is 1.16 bits per heavy atom. The monoisotopic (exact) mass is 551 g/mol. The highest BCUT2D eigenvalue weighted by Gasteiger charge is 2.40. The topological polar surface area (TPSA) is 112 Å². The van der Waals surface area contributed by atoms with Gasteiger partial charge in [-0.15, -0.1) is 11.8 Å². The second-order valence-electron chi connectivity index (χ2n) is 9.21. The number of aliphatic carboxylic acids is 1. The maximum Gasteiger partial charge on any atom is 0.313 e. The van der Waals surface area contributed by atoms with Gasteiger partial charge in [-0.1, -0.05) is 37.6 Å². The number of methoxy groups -OCH3 is 2. The molecule has 0 aromatic heterocycles. The number of nitrogens with zero attached hydrogens (tertiary/aromatic N) is 1. The van der Waals surface area contributed by atoms with E-state index in [0.29, 0.717) is 33.3 Å². The maximum absolute atomic E-state index is 13.9. The summed E-state index contributed by atoms with van der Waals surface area (Å²) in [5, 5.41) is 9.74. The molecule has 11 heteroatoms. The number of hydrogen-bond acceptors (Lipinski definition) is 8. The summed E-state index contributed by atoms with van der Waals surface area (Å²) >= 11 is 7.27. The second-order valence-corrected chi connectivity index (χ2v) is 10.7. The van der Waals surface area contributed by atoms with E-state index in [-0.39, 0.29) is 18.9 Å². The number of esters is 1. The zero-order chi connectivity index (χ0) is 27.3. The van der Waals surface area contributed by atoms with E-state index in [2.05, 4.69) is 0 Å². The van der Waals surface area contributed by atoms with Gasteiger partial charge in [0.25, 0.3) is 5.91 Å². The van der Waals surface area contributed by atoms with Crippen molar-refractivity contribution in [2.24, 2.45) is 5.41 Å². The molecule has 1 heterocycles. The standard InChI is InChI=1S/C26H30ClNO8S/c1-15(29)35-14-26(2,3)13-28-19-10-9-16(27)11-18(19)22(36-25(24(28)32)37-12-21(30)31)17-7-6-8-20(33-4)23(17)34-5/h6-11,22,25H,12-14H2,1-5H3,(H,30,31)/t22-,25-/m1/s1. The molecule has 0 radical (unpaired) electrons. The van der Waals surface area contributed by atoms with E-state index in [4.69, 9.17) is 30.5 Å². The first-order chi connectivity index (χ1) is 17.5. The molecule has 1 amide bonds. The van der Waals surface area contributed by atoms with Crippen LogP contribution in [0.5, 0.6) is 11.5 Å². The number of thioether (sulfide) groups is 1. The zero-order valence-corrected chi connectivity index (χ0v) is 22.9. The number of ether oxygens (including phenoxy) is 4. The Morgan fingerprint density at radius 3 is 2.51 bits per heavy atom. The average Bonchev–Trinajstić information content (AvgIpc) is 2.95. The summed E-state index contributed by atoms with van der Waals surface area (Å²) in [6.45, 7) is 5.31. The van der Waals surface area contributed by atoms with Crippen molar-refractivity contribution in [1.82, 2.24) is 0 Å². The Kier molecular flexibility index (Phi) is 9.33.